The minimum atomic E-state index is -1.37. The number of aromatic hydroxyl groups is 2. The Bertz CT molecular complexity index is 399. The summed E-state index contributed by atoms with van der Waals surface area (Å²) in [7, 11) is 0. The highest BCUT2D eigenvalue weighted by atomic mass is 16.4. The van der Waals surface area contributed by atoms with Crippen LogP contribution in [-0.2, 0) is 11.2 Å². The molecule has 0 radical (unpaired) electrons. The molecule has 0 aromatic heterocycles. The number of rotatable bonds is 5. The average molecular weight is 239 g/mol. The molecule has 1 rings (SSSR count). The summed E-state index contributed by atoms with van der Waals surface area (Å²) in [6, 6.07) is 3.99. The fourth-order valence-corrected chi connectivity index (χ4v) is 1.84. The molecule has 0 aliphatic heterocycles. The quantitative estimate of drug-likeness (QED) is 0.618. The molecule has 5 N–H and O–H groups in total. The highest BCUT2D eigenvalue weighted by Crippen LogP contribution is 2.24. The SMILES string of the molecule is CCC[C@@](N)(Cc1cc(O)cc(O)c1)C(=O)O. The molecule has 0 aliphatic carbocycles. The van der Waals surface area contributed by atoms with Gasteiger partial charge in [-0.3, -0.25) is 4.79 Å². The van der Waals surface area contributed by atoms with Crippen molar-refractivity contribution in [1.29, 1.82) is 0 Å². The molecule has 0 heterocycles. The van der Waals surface area contributed by atoms with Crippen LogP contribution in [0, 0.1) is 0 Å². The molecule has 0 saturated heterocycles. The van der Waals surface area contributed by atoms with Crippen LogP contribution in [-0.4, -0.2) is 26.8 Å². The van der Waals surface area contributed by atoms with Gasteiger partial charge in [-0.25, -0.2) is 0 Å². The van der Waals surface area contributed by atoms with E-state index in [2.05, 4.69) is 0 Å². The van der Waals surface area contributed by atoms with Crippen LogP contribution in [0.3, 0.4) is 0 Å². The lowest BCUT2D eigenvalue weighted by molar-refractivity contribution is -0.143. The number of carboxylic acids is 1. The maximum absolute atomic E-state index is 11.1. The summed E-state index contributed by atoms with van der Waals surface area (Å²) in [5.41, 5.74) is 4.96. The zero-order valence-corrected chi connectivity index (χ0v) is 9.68. The topological polar surface area (TPSA) is 104 Å². The molecule has 0 unspecified atom stereocenters. The molecular formula is C12H17NO4. The van der Waals surface area contributed by atoms with Crippen LogP contribution in [0.25, 0.3) is 0 Å². The van der Waals surface area contributed by atoms with E-state index in [1.165, 1.54) is 18.2 Å². The molecular weight excluding hydrogens is 222 g/mol. The predicted molar refractivity (Wildman–Crippen MR) is 62.9 cm³/mol. The van der Waals surface area contributed by atoms with E-state index in [4.69, 9.17) is 10.8 Å². The number of phenols is 2. The molecule has 5 nitrogen and oxygen atoms in total. The van der Waals surface area contributed by atoms with Crippen molar-refractivity contribution in [2.75, 3.05) is 0 Å². The molecule has 1 aromatic rings. The predicted octanol–water partition coefficient (Wildman–Crippen LogP) is 1.22. The molecule has 0 bridgehead atoms. The highest BCUT2D eigenvalue weighted by molar-refractivity contribution is 5.79. The Labute approximate surface area is 99.5 Å². The third kappa shape index (κ3) is 3.35. The second kappa shape index (κ2) is 5.05. The standard InChI is InChI=1S/C12H17NO4/c1-2-3-12(13,11(16)17)7-8-4-9(14)6-10(15)5-8/h4-6,14-15H,2-3,7,13H2,1H3,(H,16,17)/t12-/m1/s1. The number of phenolic OH excluding ortho intramolecular Hbond substituents is 2. The largest absolute Gasteiger partial charge is 0.508 e. The lowest BCUT2D eigenvalue weighted by Gasteiger charge is -2.24. The van der Waals surface area contributed by atoms with E-state index >= 15 is 0 Å². The van der Waals surface area contributed by atoms with E-state index in [9.17, 15) is 15.0 Å². The molecule has 0 fully saturated rings. The Morgan fingerprint density at radius 1 is 1.29 bits per heavy atom. The molecule has 0 amide bonds. The van der Waals surface area contributed by atoms with Crippen molar-refractivity contribution >= 4 is 5.97 Å². The van der Waals surface area contributed by atoms with E-state index in [-0.39, 0.29) is 17.9 Å². The van der Waals surface area contributed by atoms with Crippen molar-refractivity contribution in [3.63, 3.8) is 0 Å². The minimum absolute atomic E-state index is 0.0676. The summed E-state index contributed by atoms with van der Waals surface area (Å²) in [6.07, 6.45) is 1.05. The van der Waals surface area contributed by atoms with Crippen molar-refractivity contribution in [3.8, 4) is 11.5 Å². The molecule has 94 valence electrons. The zero-order valence-electron chi connectivity index (χ0n) is 9.68. The Balaban J connectivity index is 2.97. The van der Waals surface area contributed by atoms with Crippen LogP contribution in [0.1, 0.15) is 25.3 Å². The van der Waals surface area contributed by atoms with Gasteiger partial charge < -0.3 is 21.1 Å². The van der Waals surface area contributed by atoms with Crippen LogP contribution in [0.4, 0.5) is 0 Å². The third-order valence-electron chi connectivity index (χ3n) is 2.60. The summed E-state index contributed by atoms with van der Waals surface area (Å²) in [5.74, 6) is -1.30. The molecule has 17 heavy (non-hydrogen) atoms. The fraction of sp³-hybridized carbons (Fsp3) is 0.417. The number of nitrogens with two attached hydrogens (primary N) is 1. The number of carbonyl (C=O) groups is 1. The zero-order chi connectivity index (χ0) is 13.1. The van der Waals surface area contributed by atoms with Crippen LogP contribution >= 0.6 is 0 Å². The van der Waals surface area contributed by atoms with Gasteiger partial charge in [0.05, 0.1) is 0 Å². The normalized spacial score (nSPS) is 14.2. The van der Waals surface area contributed by atoms with Crippen molar-refractivity contribution in [2.24, 2.45) is 5.73 Å². The number of carboxylic acid groups (broad SMARTS) is 1. The average Bonchev–Trinajstić information content (AvgIpc) is 2.15. The summed E-state index contributed by atoms with van der Waals surface area (Å²) < 4.78 is 0. The molecule has 0 spiro atoms. The first-order valence-electron chi connectivity index (χ1n) is 5.41. The Kier molecular flexibility index (Phi) is 3.96. The van der Waals surface area contributed by atoms with Crippen molar-refractivity contribution in [1.82, 2.24) is 0 Å². The molecule has 1 atom stereocenters. The van der Waals surface area contributed by atoms with Gasteiger partial charge >= 0.3 is 5.97 Å². The maximum atomic E-state index is 11.1. The van der Waals surface area contributed by atoms with E-state index in [1.54, 1.807) is 0 Å². The first-order chi connectivity index (χ1) is 7.87. The molecule has 0 aliphatic rings. The van der Waals surface area contributed by atoms with Crippen LogP contribution in [0.5, 0.6) is 11.5 Å². The van der Waals surface area contributed by atoms with Crippen LogP contribution < -0.4 is 5.73 Å². The van der Waals surface area contributed by atoms with Gasteiger partial charge in [0, 0.05) is 12.5 Å². The number of benzene rings is 1. The summed E-state index contributed by atoms with van der Waals surface area (Å²) in [6.45, 7) is 1.85. The highest BCUT2D eigenvalue weighted by Gasteiger charge is 2.33. The second-order valence-corrected chi connectivity index (χ2v) is 4.25. The minimum Gasteiger partial charge on any atom is -0.508 e. The lowest BCUT2D eigenvalue weighted by Crippen LogP contribution is -2.49. The van der Waals surface area contributed by atoms with Crippen molar-refractivity contribution < 1.29 is 20.1 Å². The summed E-state index contributed by atoms with van der Waals surface area (Å²) >= 11 is 0. The Hall–Kier alpha value is -1.75. The smallest absolute Gasteiger partial charge is 0.324 e. The fourth-order valence-electron chi connectivity index (χ4n) is 1.84. The van der Waals surface area contributed by atoms with Gasteiger partial charge in [0.25, 0.3) is 0 Å². The number of aliphatic carboxylic acids is 1. The Morgan fingerprint density at radius 2 is 1.82 bits per heavy atom. The van der Waals surface area contributed by atoms with Gasteiger partial charge in [0.15, 0.2) is 0 Å². The summed E-state index contributed by atoms with van der Waals surface area (Å²) in [4.78, 5) is 11.1. The van der Waals surface area contributed by atoms with E-state index in [1.807, 2.05) is 6.92 Å². The van der Waals surface area contributed by atoms with Gasteiger partial charge in [-0.15, -0.1) is 0 Å². The van der Waals surface area contributed by atoms with Crippen molar-refractivity contribution in [3.05, 3.63) is 23.8 Å². The lowest BCUT2D eigenvalue weighted by atomic mass is 9.87. The van der Waals surface area contributed by atoms with Crippen molar-refractivity contribution in [2.45, 2.75) is 31.7 Å². The Morgan fingerprint density at radius 3 is 2.24 bits per heavy atom. The third-order valence-corrected chi connectivity index (χ3v) is 2.60. The van der Waals surface area contributed by atoms with E-state index < -0.39 is 11.5 Å². The van der Waals surface area contributed by atoms with Crippen LogP contribution in [0.2, 0.25) is 0 Å². The maximum Gasteiger partial charge on any atom is 0.324 e. The second-order valence-electron chi connectivity index (χ2n) is 4.25. The van der Waals surface area contributed by atoms with Gasteiger partial charge in [-0.2, -0.15) is 0 Å². The van der Waals surface area contributed by atoms with Gasteiger partial charge in [-0.1, -0.05) is 13.3 Å². The van der Waals surface area contributed by atoms with Gasteiger partial charge in [-0.05, 0) is 24.1 Å². The first kappa shape index (κ1) is 13.3. The van der Waals surface area contributed by atoms with Gasteiger partial charge in [0.2, 0.25) is 0 Å². The molecule has 5 heteroatoms. The first-order valence-corrected chi connectivity index (χ1v) is 5.41. The molecule has 0 saturated carbocycles. The number of hydrogen-bond acceptors (Lipinski definition) is 4. The molecule has 1 aromatic carbocycles. The van der Waals surface area contributed by atoms with Gasteiger partial charge in [0.1, 0.15) is 17.0 Å². The van der Waals surface area contributed by atoms with Crippen LogP contribution in [0.15, 0.2) is 18.2 Å². The van der Waals surface area contributed by atoms with E-state index in [0.717, 1.165) is 0 Å². The summed E-state index contributed by atoms with van der Waals surface area (Å²) in [5, 5.41) is 27.7. The monoisotopic (exact) mass is 239 g/mol. The number of hydrogen-bond donors (Lipinski definition) is 4. The van der Waals surface area contributed by atoms with E-state index in [0.29, 0.717) is 18.4 Å².